The highest BCUT2D eigenvalue weighted by molar-refractivity contribution is 7.91. The van der Waals surface area contributed by atoms with E-state index in [1.54, 1.807) is 0 Å². The highest BCUT2D eigenvalue weighted by atomic mass is 35.5. The number of nitrogens with two attached hydrogens (primary N) is 1. The van der Waals surface area contributed by atoms with E-state index in [4.69, 9.17) is 5.73 Å². The maximum Gasteiger partial charge on any atom is 0.225 e. The van der Waals surface area contributed by atoms with Crippen molar-refractivity contribution in [2.24, 2.45) is 23.5 Å². The molecule has 5 unspecified atom stereocenters. The molecule has 20 heavy (non-hydrogen) atoms. The molecule has 0 aromatic rings. The molecule has 3 N–H and O–H groups in total. The molecule has 1 saturated heterocycles. The van der Waals surface area contributed by atoms with Crippen LogP contribution in [0.4, 0.5) is 0 Å². The quantitative estimate of drug-likeness (QED) is 0.773. The zero-order valence-electron chi connectivity index (χ0n) is 11.5. The molecule has 2 aliphatic carbocycles. The van der Waals surface area contributed by atoms with Gasteiger partial charge in [0, 0.05) is 12.1 Å². The van der Waals surface area contributed by atoms with Gasteiger partial charge in [0.25, 0.3) is 0 Å². The Morgan fingerprint density at radius 3 is 2.45 bits per heavy atom. The third-order valence-electron chi connectivity index (χ3n) is 5.09. The number of amides is 1. The normalized spacial score (nSPS) is 42.0. The van der Waals surface area contributed by atoms with E-state index in [9.17, 15) is 13.2 Å². The van der Waals surface area contributed by atoms with Crippen molar-refractivity contribution in [1.29, 1.82) is 0 Å². The first-order valence-corrected chi connectivity index (χ1v) is 9.05. The Bertz CT molecular complexity index is 480. The molecule has 3 aliphatic rings. The third kappa shape index (κ3) is 2.97. The Hall–Kier alpha value is -0.330. The SMILES string of the molecule is Cl.NC1C2CCC(C2)C1C(=O)NC1CCCS(=O)(=O)C1. The van der Waals surface area contributed by atoms with E-state index in [1.807, 2.05) is 0 Å². The molecule has 2 bridgehead atoms. The average Bonchev–Trinajstić information content (AvgIpc) is 2.87. The lowest BCUT2D eigenvalue weighted by atomic mass is 9.84. The van der Waals surface area contributed by atoms with Crippen LogP contribution in [0.15, 0.2) is 0 Å². The van der Waals surface area contributed by atoms with Gasteiger partial charge in [-0.15, -0.1) is 12.4 Å². The average molecular weight is 323 g/mol. The number of carbonyl (C=O) groups excluding carboxylic acids is 1. The number of nitrogens with one attached hydrogen (secondary N) is 1. The first-order chi connectivity index (χ1) is 8.96. The summed E-state index contributed by atoms with van der Waals surface area (Å²) in [6, 6.07) is -0.239. The molecule has 3 fully saturated rings. The van der Waals surface area contributed by atoms with E-state index in [2.05, 4.69) is 5.32 Å². The molecule has 0 aromatic carbocycles. The van der Waals surface area contributed by atoms with Crippen LogP contribution in [-0.4, -0.2) is 37.9 Å². The molecule has 3 rings (SSSR count). The number of halogens is 1. The van der Waals surface area contributed by atoms with Crippen molar-refractivity contribution in [1.82, 2.24) is 5.32 Å². The highest BCUT2D eigenvalue weighted by Gasteiger charge is 2.49. The lowest BCUT2D eigenvalue weighted by Crippen LogP contribution is -2.50. The minimum atomic E-state index is -2.97. The van der Waals surface area contributed by atoms with Crippen molar-refractivity contribution in [3.05, 3.63) is 0 Å². The lowest BCUT2D eigenvalue weighted by molar-refractivity contribution is -0.127. The van der Waals surface area contributed by atoms with E-state index in [1.165, 1.54) is 0 Å². The first kappa shape index (κ1) is 16.0. The molecule has 5 atom stereocenters. The van der Waals surface area contributed by atoms with E-state index >= 15 is 0 Å². The number of rotatable bonds is 2. The van der Waals surface area contributed by atoms with Gasteiger partial charge in [-0.1, -0.05) is 0 Å². The molecule has 2 saturated carbocycles. The number of sulfone groups is 1. The third-order valence-corrected chi connectivity index (χ3v) is 6.91. The molecule has 5 nitrogen and oxygen atoms in total. The largest absolute Gasteiger partial charge is 0.352 e. The fourth-order valence-corrected chi connectivity index (χ4v) is 5.80. The molecular formula is C13H23ClN2O3S. The summed E-state index contributed by atoms with van der Waals surface area (Å²) in [5.74, 6) is 1.16. The predicted octanol–water partition coefficient (Wildman–Crippen LogP) is 0.475. The van der Waals surface area contributed by atoms with Gasteiger partial charge in [0.15, 0.2) is 9.84 Å². The smallest absolute Gasteiger partial charge is 0.225 e. The summed E-state index contributed by atoms with van der Waals surface area (Å²) in [7, 11) is -2.97. The summed E-state index contributed by atoms with van der Waals surface area (Å²) in [5.41, 5.74) is 6.14. The second kappa shape index (κ2) is 5.81. The van der Waals surface area contributed by atoms with Crippen molar-refractivity contribution < 1.29 is 13.2 Å². The standard InChI is InChI=1S/C13H22N2O3S.ClH/c14-12-9-4-3-8(6-9)11(12)13(16)15-10-2-1-5-19(17,18)7-10;/h8-12H,1-7,14H2,(H,15,16);1H. The van der Waals surface area contributed by atoms with Gasteiger partial charge in [0.2, 0.25) is 5.91 Å². The van der Waals surface area contributed by atoms with E-state index < -0.39 is 9.84 Å². The number of hydrogen-bond donors (Lipinski definition) is 2. The molecule has 1 amide bonds. The van der Waals surface area contributed by atoms with Gasteiger partial charge in [-0.2, -0.15) is 0 Å². The minimum absolute atomic E-state index is 0. The predicted molar refractivity (Wildman–Crippen MR) is 79.4 cm³/mol. The first-order valence-electron chi connectivity index (χ1n) is 7.22. The number of carbonyl (C=O) groups is 1. The van der Waals surface area contributed by atoms with Crippen molar-refractivity contribution in [2.75, 3.05) is 11.5 Å². The van der Waals surface area contributed by atoms with E-state index in [0.717, 1.165) is 25.7 Å². The van der Waals surface area contributed by atoms with Gasteiger partial charge in [0.1, 0.15) is 0 Å². The van der Waals surface area contributed by atoms with Crippen LogP contribution in [0.1, 0.15) is 32.1 Å². The van der Waals surface area contributed by atoms with Gasteiger partial charge < -0.3 is 11.1 Å². The van der Waals surface area contributed by atoms with Gasteiger partial charge in [-0.25, -0.2) is 8.42 Å². The van der Waals surface area contributed by atoms with Crippen molar-refractivity contribution >= 4 is 28.2 Å². The second-order valence-electron chi connectivity index (χ2n) is 6.40. The van der Waals surface area contributed by atoms with Crippen LogP contribution in [0.25, 0.3) is 0 Å². The lowest BCUT2D eigenvalue weighted by Gasteiger charge is -2.30. The van der Waals surface area contributed by atoms with Gasteiger partial charge in [0.05, 0.1) is 17.4 Å². The second-order valence-corrected chi connectivity index (χ2v) is 8.63. The molecule has 0 radical (unpaired) electrons. The van der Waals surface area contributed by atoms with Crippen molar-refractivity contribution in [2.45, 2.75) is 44.2 Å². The molecular weight excluding hydrogens is 300 g/mol. The Kier molecular flexibility index (Phi) is 4.66. The van der Waals surface area contributed by atoms with Crippen LogP contribution in [0.3, 0.4) is 0 Å². The van der Waals surface area contributed by atoms with Crippen LogP contribution in [-0.2, 0) is 14.6 Å². The zero-order valence-corrected chi connectivity index (χ0v) is 13.1. The summed E-state index contributed by atoms with van der Waals surface area (Å²) in [6.45, 7) is 0. The number of hydrogen-bond acceptors (Lipinski definition) is 4. The monoisotopic (exact) mass is 322 g/mol. The number of fused-ring (bicyclic) bond motifs is 2. The minimum Gasteiger partial charge on any atom is -0.352 e. The molecule has 1 aliphatic heterocycles. The fourth-order valence-electron chi connectivity index (χ4n) is 4.16. The van der Waals surface area contributed by atoms with Gasteiger partial charge in [-0.05, 0) is 43.9 Å². The van der Waals surface area contributed by atoms with Crippen LogP contribution in [0.5, 0.6) is 0 Å². The Balaban J connectivity index is 0.00000147. The maximum absolute atomic E-state index is 12.3. The van der Waals surface area contributed by atoms with Gasteiger partial charge in [-0.3, -0.25) is 4.79 Å². The van der Waals surface area contributed by atoms with Gasteiger partial charge >= 0.3 is 0 Å². The molecule has 116 valence electrons. The maximum atomic E-state index is 12.3. The Labute approximate surface area is 126 Å². The Morgan fingerprint density at radius 1 is 1.15 bits per heavy atom. The summed E-state index contributed by atoms with van der Waals surface area (Å²) in [4.78, 5) is 12.3. The zero-order chi connectivity index (χ0) is 13.6. The Morgan fingerprint density at radius 2 is 1.85 bits per heavy atom. The molecule has 0 spiro atoms. The van der Waals surface area contributed by atoms with Crippen molar-refractivity contribution in [3.63, 3.8) is 0 Å². The molecule has 1 heterocycles. The highest BCUT2D eigenvalue weighted by Crippen LogP contribution is 2.47. The molecule has 0 aromatic heterocycles. The van der Waals surface area contributed by atoms with Crippen LogP contribution >= 0.6 is 12.4 Å². The summed E-state index contributed by atoms with van der Waals surface area (Å²) < 4.78 is 23.2. The van der Waals surface area contributed by atoms with E-state index in [-0.39, 0.29) is 47.8 Å². The molecule has 7 heteroatoms. The van der Waals surface area contributed by atoms with Crippen LogP contribution < -0.4 is 11.1 Å². The van der Waals surface area contributed by atoms with Crippen LogP contribution in [0.2, 0.25) is 0 Å². The van der Waals surface area contributed by atoms with Crippen LogP contribution in [0, 0.1) is 17.8 Å². The van der Waals surface area contributed by atoms with E-state index in [0.29, 0.717) is 18.3 Å². The summed E-state index contributed by atoms with van der Waals surface area (Å²) in [6.07, 6.45) is 4.73. The van der Waals surface area contributed by atoms with Crippen molar-refractivity contribution in [3.8, 4) is 0 Å². The summed E-state index contributed by atoms with van der Waals surface area (Å²) in [5, 5.41) is 2.93. The fraction of sp³-hybridized carbons (Fsp3) is 0.923. The topological polar surface area (TPSA) is 89.3 Å². The summed E-state index contributed by atoms with van der Waals surface area (Å²) >= 11 is 0.